The number of hydrogen-bond acceptors (Lipinski definition) is 5. The zero-order chi connectivity index (χ0) is 19.9. The van der Waals surface area contributed by atoms with Gasteiger partial charge in [-0.1, -0.05) is 24.9 Å². The van der Waals surface area contributed by atoms with Crippen molar-refractivity contribution in [3.63, 3.8) is 0 Å². The number of amides is 1. The second-order valence-corrected chi connectivity index (χ2v) is 8.78. The summed E-state index contributed by atoms with van der Waals surface area (Å²) in [5.74, 6) is 0.408. The van der Waals surface area contributed by atoms with Gasteiger partial charge in [0.2, 0.25) is 15.9 Å². The average Bonchev–Trinajstić information content (AvgIpc) is 2.68. The number of sulfonamides is 1. The summed E-state index contributed by atoms with van der Waals surface area (Å²) in [5, 5.41) is 3.44. The van der Waals surface area contributed by atoms with Crippen molar-refractivity contribution in [2.45, 2.75) is 31.1 Å². The van der Waals surface area contributed by atoms with Gasteiger partial charge >= 0.3 is 0 Å². The van der Waals surface area contributed by atoms with Crippen molar-refractivity contribution in [2.75, 3.05) is 46.4 Å². The number of piperazine rings is 1. The Morgan fingerprint density at radius 3 is 2.59 bits per heavy atom. The molecule has 1 heterocycles. The second kappa shape index (κ2) is 10.3. The number of nitrogens with one attached hydrogen (secondary N) is 1. The fourth-order valence-electron chi connectivity index (χ4n) is 2.94. The lowest BCUT2D eigenvalue weighted by atomic mass is 10.3. The van der Waals surface area contributed by atoms with E-state index in [4.69, 9.17) is 16.3 Å². The molecule has 1 aliphatic rings. The van der Waals surface area contributed by atoms with Crippen molar-refractivity contribution >= 4 is 27.5 Å². The van der Waals surface area contributed by atoms with Gasteiger partial charge in [-0.05, 0) is 24.6 Å². The van der Waals surface area contributed by atoms with Crippen LogP contribution in [0.15, 0.2) is 23.1 Å². The van der Waals surface area contributed by atoms with E-state index in [9.17, 15) is 13.2 Å². The number of rotatable bonds is 9. The number of benzene rings is 1. The van der Waals surface area contributed by atoms with E-state index >= 15 is 0 Å². The number of hydrogen-bond donors (Lipinski definition) is 1. The van der Waals surface area contributed by atoms with Gasteiger partial charge in [-0.25, -0.2) is 8.42 Å². The first-order valence-corrected chi connectivity index (χ1v) is 11.0. The first-order valence-electron chi connectivity index (χ1n) is 9.22. The van der Waals surface area contributed by atoms with Gasteiger partial charge in [0.15, 0.2) is 0 Å². The molecule has 0 radical (unpaired) electrons. The van der Waals surface area contributed by atoms with Gasteiger partial charge in [0.1, 0.15) is 5.75 Å². The van der Waals surface area contributed by atoms with Gasteiger partial charge in [0, 0.05) is 45.7 Å². The molecule has 9 heteroatoms. The van der Waals surface area contributed by atoms with Gasteiger partial charge in [-0.3, -0.25) is 4.79 Å². The minimum Gasteiger partial charge on any atom is -0.495 e. The molecule has 0 spiro atoms. The van der Waals surface area contributed by atoms with Crippen molar-refractivity contribution in [1.29, 1.82) is 0 Å². The molecule has 0 saturated carbocycles. The first kappa shape index (κ1) is 21.9. The van der Waals surface area contributed by atoms with Gasteiger partial charge < -0.3 is 15.0 Å². The predicted octanol–water partition coefficient (Wildman–Crippen LogP) is 1.96. The molecule has 1 aromatic carbocycles. The van der Waals surface area contributed by atoms with Crippen molar-refractivity contribution in [2.24, 2.45) is 0 Å². The van der Waals surface area contributed by atoms with Crippen LogP contribution in [0.5, 0.6) is 5.75 Å². The molecular formula is C18H28ClN3O4S. The summed E-state index contributed by atoms with van der Waals surface area (Å²) in [7, 11) is -2.26. The monoisotopic (exact) mass is 417 g/mol. The van der Waals surface area contributed by atoms with Crippen LogP contribution in [0.3, 0.4) is 0 Å². The summed E-state index contributed by atoms with van der Waals surface area (Å²) in [6.07, 6.45) is 1.76. The van der Waals surface area contributed by atoms with Crippen LogP contribution in [-0.4, -0.2) is 69.9 Å². The van der Waals surface area contributed by atoms with Gasteiger partial charge in [-0.15, -0.1) is 0 Å². The maximum atomic E-state index is 13.1. The van der Waals surface area contributed by atoms with E-state index in [1.165, 1.54) is 23.5 Å². The molecule has 0 unspecified atom stereocenters. The Morgan fingerprint density at radius 1 is 1.30 bits per heavy atom. The summed E-state index contributed by atoms with van der Waals surface area (Å²) in [5.41, 5.74) is 0. The lowest BCUT2D eigenvalue weighted by Gasteiger charge is -2.29. The number of ether oxygens (including phenoxy) is 1. The number of halogens is 1. The molecule has 27 heavy (non-hydrogen) atoms. The minimum absolute atomic E-state index is 0.0130. The van der Waals surface area contributed by atoms with Crippen LogP contribution in [0.1, 0.15) is 26.2 Å². The largest absolute Gasteiger partial charge is 0.495 e. The molecule has 1 N–H and O–H groups in total. The SMILES string of the molecule is CCCCN(CCC(=O)N1CCNCC1)S(=O)(=O)c1ccc(OC)c(Cl)c1. The van der Waals surface area contributed by atoms with Crippen LogP contribution < -0.4 is 10.1 Å². The number of carbonyl (C=O) groups excluding carboxylic acids is 1. The maximum Gasteiger partial charge on any atom is 0.243 e. The molecule has 1 amide bonds. The molecule has 1 fully saturated rings. The van der Waals surface area contributed by atoms with Gasteiger partial charge in [0.05, 0.1) is 17.0 Å². The smallest absolute Gasteiger partial charge is 0.243 e. The normalized spacial score (nSPS) is 15.2. The maximum absolute atomic E-state index is 13.1. The molecule has 0 bridgehead atoms. The van der Waals surface area contributed by atoms with Crippen molar-refractivity contribution < 1.29 is 17.9 Å². The van der Waals surface area contributed by atoms with Crippen LogP contribution in [0.4, 0.5) is 0 Å². The van der Waals surface area contributed by atoms with Crippen molar-refractivity contribution in [3.8, 4) is 5.75 Å². The fourth-order valence-corrected chi connectivity index (χ4v) is 4.76. The van der Waals surface area contributed by atoms with Gasteiger partial charge in [0.25, 0.3) is 0 Å². The molecule has 2 rings (SSSR count). The second-order valence-electron chi connectivity index (χ2n) is 6.43. The highest BCUT2D eigenvalue weighted by Gasteiger charge is 2.26. The Morgan fingerprint density at radius 2 is 2.00 bits per heavy atom. The third-order valence-corrected chi connectivity index (χ3v) is 6.76. The lowest BCUT2D eigenvalue weighted by molar-refractivity contribution is -0.131. The molecule has 0 aromatic heterocycles. The first-order chi connectivity index (χ1) is 12.9. The van der Waals surface area contributed by atoms with Gasteiger partial charge in [-0.2, -0.15) is 4.31 Å². The quantitative estimate of drug-likeness (QED) is 0.664. The minimum atomic E-state index is -3.74. The van der Waals surface area contributed by atoms with E-state index in [1.807, 2.05) is 6.92 Å². The van der Waals surface area contributed by atoms with Crippen LogP contribution in [0.25, 0.3) is 0 Å². The van der Waals surface area contributed by atoms with E-state index < -0.39 is 10.0 Å². The molecule has 7 nitrogen and oxygen atoms in total. The average molecular weight is 418 g/mol. The topological polar surface area (TPSA) is 79.0 Å². The summed E-state index contributed by atoms with van der Waals surface area (Å²) in [6.45, 7) is 5.40. The molecule has 0 atom stereocenters. The van der Waals surface area contributed by atoms with E-state index in [0.717, 1.165) is 25.9 Å². The van der Waals surface area contributed by atoms with Crippen LogP contribution in [0.2, 0.25) is 5.02 Å². The fraction of sp³-hybridized carbons (Fsp3) is 0.611. The molecule has 0 aliphatic carbocycles. The third kappa shape index (κ3) is 5.81. The third-order valence-electron chi connectivity index (χ3n) is 4.57. The Labute approximate surface area is 166 Å². The molecule has 1 saturated heterocycles. The highest BCUT2D eigenvalue weighted by Crippen LogP contribution is 2.28. The summed E-state index contributed by atoms with van der Waals surface area (Å²) in [6, 6.07) is 4.42. The highest BCUT2D eigenvalue weighted by molar-refractivity contribution is 7.89. The van der Waals surface area contributed by atoms with E-state index in [-0.39, 0.29) is 28.8 Å². The van der Waals surface area contributed by atoms with E-state index in [0.29, 0.717) is 25.4 Å². The Kier molecular flexibility index (Phi) is 8.34. The zero-order valence-electron chi connectivity index (χ0n) is 15.9. The predicted molar refractivity (Wildman–Crippen MR) is 106 cm³/mol. The molecular weight excluding hydrogens is 390 g/mol. The summed E-state index contributed by atoms with van der Waals surface area (Å²) >= 11 is 6.10. The Balaban J connectivity index is 2.13. The van der Waals surface area contributed by atoms with E-state index in [1.54, 1.807) is 11.0 Å². The van der Waals surface area contributed by atoms with Crippen molar-refractivity contribution in [3.05, 3.63) is 23.2 Å². The number of carbonyl (C=O) groups is 1. The zero-order valence-corrected chi connectivity index (χ0v) is 17.5. The number of nitrogens with zero attached hydrogens (tertiary/aromatic N) is 2. The Bertz CT molecular complexity index is 736. The van der Waals surface area contributed by atoms with Crippen LogP contribution >= 0.6 is 11.6 Å². The highest BCUT2D eigenvalue weighted by atomic mass is 35.5. The Hall–Kier alpha value is -1.35. The standard InChI is InChI=1S/C18H28ClN3O4S/c1-3-4-10-22(11-7-18(23)21-12-8-20-9-13-21)27(24,25)15-5-6-17(26-2)16(19)14-15/h5-6,14,20H,3-4,7-13H2,1-2H3. The number of methoxy groups -OCH3 is 1. The van der Waals surface area contributed by atoms with Crippen LogP contribution in [-0.2, 0) is 14.8 Å². The molecule has 1 aliphatic heterocycles. The molecule has 1 aromatic rings. The summed E-state index contributed by atoms with van der Waals surface area (Å²) < 4.78 is 32.6. The number of unbranched alkanes of at least 4 members (excludes halogenated alkanes) is 1. The lowest BCUT2D eigenvalue weighted by Crippen LogP contribution is -2.47. The van der Waals surface area contributed by atoms with Crippen molar-refractivity contribution in [1.82, 2.24) is 14.5 Å². The molecule has 152 valence electrons. The summed E-state index contributed by atoms with van der Waals surface area (Å²) in [4.78, 5) is 14.3. The van der Waals surface area contributed by atoms with Crippen LogP contribution in [0, 0.1) is 0 Å². The van der Waals surface area contributed by atoms with E-state index in [2.05, 4.69) is 5.32 Å².